The molecule has 0 aromatic heterocycles. The normalized spacial score (nSPS) is 14.1. The first kappa shape index (κ1) is 25.2. The van der Waals surface area contributed by atoms with Gasteiger partial charge in [-0.2, -0.15) is 0 Å². The number of carboxylic acid groups (broad SMARTS) is 1. The average Bonchev–Trinajstić information content (AvgIpc) is 3.13. The molecule has 0 fully saturated rings. The number of aliphatic carboxylic acids is 1. The molecule has 1 aliphatic rings. The summed E-state index contributed by atoms with van der Waals surface area (Å²) in [6.07, 6.45) is -0.629. The van der Waals surface area contributed by atoms with Crippen molar-refractivity contribution >= 4 is 18.0 Å². The molecule has 0 saturated heterocycles. The molecule has 2 amide bonds. The van der Waals surface area contributed by atoms with Crippen molar-refractivity contribution in [3.63, 3.8) is 0 Å². The number of hydrogen-bond acceptors (Lipinski definition) is 6. The van der Waals surface area contributed by atoms with Gasteiger partial charge in [-0.05, 0) is 49.3 Å². The van der Waals surface area contributed by atoms with Crippen LogP contribution in [0.4, 0.5) is 4.79 Å². The lowest BCUT2D eigenvalue weighted by Crippen LogP contribution is -2.52. The van der Waals surface area contributed by atoms with Gasteiger partial charge in [0.05, 0.1) is 0 Å². The minimum atomic E-state index is -1.25. The van der Waals surface area contributed by atoms with Gasteiger partial charge in [0, 0.05) is 18.9 Å². The number of ether oxygens (including phenoxy) is 1. The summed E-state index contributed by atoms with van der Waals surface area (Å²) in [5.74, 6) is -2.01. The highest BCUT2D eigenvalue weighted by Crippen LogP contribution is 2.44. The zero-order chi connectivity index (χ0) is 24.7. The Bertz CT molecular complexity index is 980. The molecule has 182 valence electrons. The summed E-state index contributed by atoms with van der Waals surface area (Å²) >= 11 is 0. The quantitative estimate of drug-likeness (QED) is 0.395. The first-order valence-corrected chi connectivity index (χ1v) is 11.2. The van der Waals surface area contributed by atoms with E-state index < -0.39 is 30.1 Å². The zero-order valence-corrected chi connectivity index (χ0v) is 19.4. The number of aliphatic hydroxyl groups excluding tert-OH is 1. The Labute approximate surface area is 198 Å². The van der Waals surface area contributed by atoms with E-state index in [0.717, 1.165) is 22.3 Å². The minimum Gasteiger partial charge on any atom is -0.480 e. The fraction of sp³-hybridized carbons (Fsp3) is 0.400. The van der Waals surface area contributed by atoms with E-state index in [4.69, 9.17) is 9.84 Å². The summed E-state index contributed by atoms with van der Waals surface area (Å²) in [5, 5.41) is 23.3. The largest absolute Gasteiger partial charge is 0.480 e. The van der Waals surface area contributed by atoms with Crippen LogP contribution in [0.1, 0.15) is 29.9 Å². The van der Waals surface area contributed by atoms with E-state index in [2.05, 4.69) is 10.6 Å². The molecule has 9 nitrogen and oxygen atoms in total. The fourth-order valence-corrected chi connectivity index (χ4v) is 4.10. The lowest BCUT2D eigenvalue weighted by molar-refractivity contribution is -0.142. The molecule has 34 heavy (non-hydrogen) atoms. The van der Waals surface area contributed by atoms with Crippen molar-refractivity contribution in [1.82, 2.24) is 15.5 Å². The molecule has 0 heterocycles. The summed E-state index contributed by atoms with van der Waals surface area (Å²) in [6, 6.07) is 13.7. The van der Waals surface area contributed by atoms with E-state index in [-0.39, 0.29) is 32.0 Å². The van der Waals surface area contributed by atoms with Gasteiger partial charge in [0.25, 0.3) is 0 Å². The van der Waals surface area contributed by atoms with Crippen LogP contribution in [0.15, 0.2) is 48.5 Å². The second-order valence-electron chi connectivity index (χ2n) is 8.53. The van der Waals surface area contributed by atoms with Crippen LogP contribution < -0.4 is 10.6 Å². The Hall–Kier alpha value is -3.43. The number of hydrogen-bond donors (Lipinski definition) is 4. The maximum Gasteiger partial charge on any atom is 0.407 e. The predicted octanol–water partition coefficient (Wildman–Crippen LogP) is 1.80. The summed E-state index contributed by atoms with van der Waals surface area (Å²) in [5.41, 5.74) is 4.37. The third-order valence-corrected chi connectivity index (χ3v) is 5.85. The summed E-state index contributed by atoms with van der Waals surface area (Å²) in [7, 11) is 3.65. The topological polar surface area (TPSA) is 128 Å². The van der Waals surface area contributed by atoms with Gasteiger partial charge in [0.1, 0.15) is 18.7 Å². The number of nitrogens with zero attached hydrogens (tertiary/aromatic N) is 1. The third kappa shape index (κ3) is 6.12. The molecule has 2 aromatic carbocycles. The van der Waals surface area contributed by atoms with E-state index in [9.17, 15) is 19.5 Å². The van der Waals surface area contributed by atoms with Crippen LogP contribution in [0.2, 0.25) is 0 Å². The standard InChI is InChI=1S/C25H31N3O6/c1-28(2)13-11-21(23(30)26-22(12-14-29)24(31)32)27-25(33)34-15-20-18-9-5-3-7-16(18)17-8-4-6-10-19(17)20/h3-10,20-22,29H,11-15H2,1-2H3,(H,26,30)(H,27,33)(H,31,32). The summed E-state index contributed by atoms with van der Waals surface area (Å²) in [4.78, 5) is 38.6. The molecular formula is C25H31N3O6. The molecule has 9 heteroatoms. The smallest absolute Gasteiger partial charge is 0.407 e. The number of amides is 2. The average molecular weight is 470 g/mol. The number of carboxylic acids is 1. The third-order valence-electron chi connectivity index (χ3n) is 5.85. The molecule has 2 unspecified atom stereocenters. The minimum absolute atomic E-state index is 0.101. The molecule has 0 spiro atoms. The van der Waals surface area contributed by atoms with Crippen molar-refractivity contribution in [1.29, 1.82) is 0 Å². The van der Waals surface area contributed by atoms with Gasteiger partial charge in [0.2, 0.25) is 5.91 Å². The Kier molecular flexibility index (Phi) is 8.61. The lowest BCUT2D eigenvalue weighted by atomic mass is 9.98. The number of rotatable bonds is 11. The number of benzene rings is 2. The van der Waals surface area contributed by atoms with Crippen molar-refractivity contribution in [2.75, 3.05) is 33.9 Å². The van der Waals surface area contributed by atoms with E-state index in [1.54, 1.807) is 0 Å². The Balaban J connectivity index is 1.66. The fourth-order valence-electron chi connectivity index (χ4n) is 4.10. The molecule has 2 atom stereocenters. The SMILES string of the molecule is CN(C)CCC(NC(=O)OCC1c2ccccc2-c2ccccc21)C(=O)NC(CCO)C(=O)O. The van der Waals surface area contributed by atoms with E-state index in [1.165, 1.54) is 0 Å². The van der Waals surface area contributed by atoms with Crippen LogP contribution in [0.3, 0.4) is 0 Å². The van der Waals surface area contributed by atoms with Gasteiger partial charge in [-0.1, -0.05) is 48.5 Å². The second-order valence-corrected chi connectivity index (χ2v) is 8.53. The van der Waals surface area contributed by atoms with Gasteiger partial charge >= 0.3 is 12.1 Å². The van der Waals surface area contributed by atoms with Crippen LogP contribution in [0.5, 0.6) is 0 Å². The maximum atomic E-state index is 12.7. The van der Waals surface area contributed by atoms with Crippen molar-refractivity contribution in [2.24, 2.45) is 0 Å². The molecule has 4 N–H and O–H groups in total. The van der Waals surface area contributed by atoms with E-state index >= 15 is 0 Å². The van der Waals surface area contributed by atoms with Crippen molar-refractivity contribution in [2.45, 2.75) is 30.8 Å². The van der Waals surface area contributed by atoms with Gasteiger partial charge in [0.15, 0.2) is 0 Å². The molecule has 2 aromatic rings. The zero-order valence-electron chi connectivity index (χ0n) is 19.4. The molecule has 0 aliphatic heterocycles. The highest BCUT2D eigenvalue weighted by Gasteiger charge is 2.30. The van der Waals surface area contributed by atoms with Gasteiger partial charge in [-0.25, -0.2) is 9.59 Å². The molecular weight excluding hydrogens is 438 g/mol. The van der Waals surface area contributed by atoms with Crippen molar-refractivity contribution in [3.05, 3.63) is 59.7 Å². The first-order chi connectivity index (χ1) is 16.3. The number of aliphatic hydroxyl groups is 1. The van der Waals surface area contributed by atoms with Gasteiger partial charge < -0.3 is 30.5 Å². The van der Waals surface area contributed by atoms with Crippen LogP contribution in [0.25, 0.3) is 11.1 Å². The second kappa shape index (κ2) is 11.6. The van der Waals surface area contributed by atoms with E-state index in [1.807, 2.05) is 67.5 Å². The summed E-state index contributed by atoms with van der Waals surface area (Å²) in [6.45, 7) is 0.197. The Morgan fingerprint density at radius 1 is 0.941 bits per heavy atom. The van der Waals surface area contributed by atoms with Crippen LogP contribution in [-0.2, 0) is 14.3 Å². The molecule has 0 bridgehead atoms. The lowest BCUT2D eigenvalue weighted by Gasteiger charge is -2.23. The van der Waals surface area contributed by atoms with Gasteiger partial charge in [-0.3, -0.25) is 4.79 Å². The van der Waals surface area contributed by atoms with Crippen molar-refractivity contribution < 1.29 is 29.3 Å². The number of carbonyl (C=O) groups excluding carboxylic acids is 2. The Morgan fingerprint density at radius 2 is 1.53 bits per heavy atom. The molecule has 1 aliphatic carbocycles. The highest BCUT2D eigenvalue weighted by atomic mass is 16.5. The predicted molar refractivity (Wildman–Crippen MR) is 126 cm³/mol. The van der Waals surface area contributed by atoms with E-state index in [0.29, 0.717) is 6.54 Å². The number of fused-ring (bicyclic) bond motifs is 3. The molecule has 0 radical (unpaired) electrons. The molecule has 0 saturated carbocycles. The van der Waals surface area contributed by atoms with Crippen molar-refractivity contribution in [3.8, 4) is 11.1 Å². The monoisotopic (exact) mass is 469 g/mol. The molecule has 3 rings (SSSR count). The number of alkyl carbamates (subject to hydrolysis) is 1. The summed E-state index contributed by atoms with van der Waals surface area (Å²) < 4.78 is 5.53. The Morgan fingerprint density at radius 3 is 2.06 bits per heavy atom. The first-order valence-electron chi connectivity index (χ1n) is 11.2. The van der Waals surface area contributed by atoms with Crippen LogP contribution >= 0.6 is 0 Å². The van der Waals surface area contributed by atoms with Crippen LogP contribution in [0, 0.1) is 0 Å². The number of carbonyl (C=O) groups is 3. The highest BCUT2D eigenvalue weighted by molar-refractivity contribution is 5.89. The van der Waals surface area contributed by atoms with Gasteiger partial charge in [-0.15, -0.1) is 0 Å². The number of nitrogens with one attached hydrogen (secondary N) is 2. The van der Waals surface area contributed by atoms with Crippen LogP contribution in [-0.4, -0.2) is 79.0 Å². The maximum absolute atomic E-state index is 12.7.